The van der Waals surface area contributed by atoms with Gasteiger partial charge in [-0.1, -0.05) is 0 Å². The highest BCUT2D eigenvalue weighted by Crippen LogP contribution is 2.21. The summed E-state index contributed by atoms with van der Waals surface area (Å²) in [6.45, 7) is 2.15. The summed E-state index contributed by atoms with van der Waals surface area (Å²) in [4.78, 5) is 2.04. The van der Waals surface area contributed by atoms with Gasteiger partial charge in [0.05, 0.1) is 31.0 Å². The van der Waals surface area contributed by atoms with E-state index in [9.17, 15) is 15.3 Å². The van der Waals surface area contributed by atoms with Crippen molar-refractivity contribution in [3.05, 3.63) is 0 Å². The fourth-order valence-corrected chi connectivity index (χ4v) is 2.61. The van der Waals surface area contributed by atoms with Crippen LogP contribution in [0.3, 0.4) is 0 Å². The van der Waals surface area contributed by atoms with Gasteiger partial charge in [-0.3, -0.25) is 4.90 Å². The van der Waals surface area contributed by atoms with Gasteiger partial charge >= 0.3 is 0 Å². The van der Waals surface area contributed by atoms with E-state index in [1.807, 2.05) is 4.90 Å². The highest BCUT2D eigenvalue weighted by molar-refractivity contribution is 4.90. The maximum atomic E-state index is 9.79. The molecule has 0 amide bonds. The molecule has 16 heavy (non-hydrogen) atoms. The highest BCUT2D eigenvalue weighted by Gasteiger charge is 2.36. The van der Waals surface area contributed by atoms with Gasteiger partial charge in [0, 0.05) is 19.7 Å². The zero-order chi connectivity index (χ0) is 11.5. The third-order valence-electron chi connectivity index (χ3n) is 3.62. The molecular weight excluding hydrogens is 210 g/mol. The summed E-state index contributed by atoms with van der Waals surface area (Å²) in [5, 5.41) is 28.6. The van der Waals surface area contributed by atoms with Crippen molar-refractivity contribution in [1.29, 1.82) is 0 Å². The van der Waals surface area contributed by atoms with Crippen molar-refractivity contribution in [2.75, 3.05) is 26.3 Å². The Morgan fingerprint density at radius 1 is 1.25 bits per heavy atom. The summed E-state index contributed by atoms with van der Waals surface area (Å²) in [5.41, 5.74) is 0. The number of hydrogen-bond acceptors (Lipinski definition) is 5. The Bertz CT molecular complexity index is 220. The second-order valence-electron chi connectivity index (χ2n) is 4.73. The van der Waals surface area contributed by atoms with Crippen LogP contribution in [0.2, 0.25) is 0 Å². The van der Waals surface area contributed by atoms with Crippen molar-refractivity contribution in [1.82, 2.24) is 4.90 Å². The maximum Gasteiger partial charge on any atom is 0.0976 e. The van der Waals surface area contributed by atoms with Crippen LogP contribution in [0, 0.1) is 0 Å². The maximum absolute atomic E-state index is 9.79. The molecule has 2 rings (SSSR count). The first-order valence-electron chi connectivity index (χ1n) is 6.05. The second kappa shape index (κ2) is 5.42. The van der Waals surface area contributed by atoms with Crippen LogP contribution in [0.15, 0.2) is 0 Å². The third-order valence-corrected chi connectivity index (χ3v) is 3.62. The second-order valence-corrected chi connectivity index (χ2v) is 4.73. The lowest BCUT2D eigenvalue weighted by molar-refractivity contribution is -0.0982. The number of piperidine rings is 1. The van der Waals surface area contributed by atoms with E-state index in [2.05, 4.69) is 0 Å². The van der Waals surface area contributed by atoms with Crippen molar-refractivity contribution in [2.24, 2.45) is 0 Å². The van der Waals surface area contributed by atoms with Crippen LogP contribution < -0.4 is 0 Å². The zero-order valence-corrected chi connectivity index (χ0v) is 9.46. The topological polar surface area (TPSA) is 73.2 Å². The molecule has 94 valence electrons. The number of hydrogen-bond donors (Lipinski definition) is 3. The molecule has 5 heteroatoms. The number of aliphatic hydroxyl groups is 3. The predicted molar refractivity (Wildman–Crippen MR) is 58.1 cm³/mol. The van der Waals surface area contributed by atoms with Gasteiger partial charge in [-0.15, -0.1) is 0 Å². The zero-order valence-electron chi connectivity index (χ0n) is 9.46. The highest BCUT2D eigenvalue weighted by atomic mass is 16.5. The van der Waals surface area contributed by atoms with E-state index in [0.29, 0.717) is 13.0 Å². The lowest BCUT2D eigenvalue weighted by atomic mass is 9.96. The van der Waals surface area contributed by atoms with E-state index in [0.717, 1.165) is 26.0 Å². The molecule has 0 unspecified atom stereocenters. The van der Waals surface area contributed by atoms with Gasteiger partial charge in [-0.25, -0.2) is 0 Å². The van der Waals surface area contributed by atoms with Crippen LogP contribution in [-0.2, 0) is 4.74 Å². The Kier molecular flexibility index (Phi) is 4.16. The van der Waals surface area contributed by atoms with Crippen molar-refractivity contribution >= 4 is 0 Å². The molecule has 0 radical (unpaired) electrons. The summed E-state index contributed by atoms with van der Waals surface area (Å²) >= 11 is 0. The summed E-state index contributed by atoms with van der Waals surface area (Å²) < 4.78 is 5.54. The van der Waals surface area contributed by atoms with Crippen LogP contribution in [0.5, 0.6) is 0 Å². The molecule has 2 aliphatic rings. The van der Waals surface area contributed by atoms with Gasteiger partial charge in [-0.2, -0.15) is 0 Å². The SMILES string of the molecule is OC[C@@H]1[C@@H](O)[C@H](O)CCN1C[C@@H]1CCCO1. The largest absolute Gasteiger partial charge is 0.395 e. The van der Waals surface area contributed by atoms with Crippen LogP contribution in [-0.4, -0.2) is 70.9 Å². The molecule has 0 aromatic heterocycles. The molecule has 2 aliphatic heterocycles. The molecule has 0 aromatic carbocycles. The predicted octanol–water partition coefficient (Wildman–Crippen LogP) is -1.05. The van der Waals surface area contributed by atoms with Gasteiger partial charge in [-0.05, 0) is 19.3 Å². The average molecular weight is 231 g/mol. The van der Waals surface area contributed by atoms with Crippen molar-refractivity contribution in [2.45, 2.75) is 43.6 Å². The van der Waals surface area contributed by atoms with Gasteiger partial charge in [0.2, 0.25) is 0 Å². The smallest absolute Gasteiger partial charge is 0.0976 e. The number of ether oxygens (including phenoxy) is 1. The van der Waals surface area contributed by atoms with E-state index in [4.69, 9.17) is 4.74 Å². The van der Waals surface area contributed by atoms with Crippen LogP contribution >= 0.6 is 0 Å². The number of likely N-dealkylation sites (tertiary alicyclic amines) is 1. The van der Waals surface area contributed by atoms with Crippen molar-refractivity contribution in [3.8, 4) is 0 Å². The first-order chi connectivity index (χ1) is 7.72. The molecule has 2 heterocycles. The number of nitrogens with zero attached hydrogens (tertiary/aromatic N) is 1. The van der Waals surface area contributed by atoms with E-state index in [1.165, 1.54) is 0 Å². The molecule has 0 aliphatic carbocycles. The normalized spacial score (nSPS) is 41.4. The molecule has 0 spiro atoms. The monoisotopic (exact) mass is 231 g/mol. The van der Waals surface area contributed by atoms with Crippen molar-refractivity contribution in [3.63, 3.8) is 0 Å². The summed E-state index contributed by atoms with van der Waals surface area (Å²) in [6.07, 6.45) is 1.36. The molecular formula is C11H21NO4. The lowest BCUT2D eigenvalue weighted by Crippen LogP contribution is -2.57. The summed E-state index contributed by atoms with van der Waals surface area (Å²) in [5.74, 6) is 0. The number of rotatable bonds is 3. The van der Waals surface area contributed by atoms with Crippen molar-refractivity contribution < 1.29 is 20.1 Å². The van der Waals surface area contributed by atoms with Crippen LogP contribution in [0.25, 0.3) is 0 Å². The van der Waals surface area contributed by atoms with Gasteiger partial charge in [0.15, 0.2) is 0 Å². The minimum absolute atomic E-state index is 0.120. The van der Waals surface area contributed by atoms with E-state index in [-0.39, 0.29) is 18.8 Å². The number of aliphatic hydroxyl groups excluding tert-OH is 3. The van der Waals surface area contributed by atoms with Crippen LogP contribution in [0.1, 0.15) is 19.3 Å². The fraction of sp³-hybridized carbons (Fsp3) is 1.00. The van der Waals surface area contributed by atoms with E-state index >= 15 is 0 Å². The quantitative estimate of drug-likeness (QED) is 0.578. The van der Waals surface area contributed by atoms with E-state index in [1.54, 1.807) is 0 Å². The third kappa shape index (κ3) is 2.55. The summed E-state index contributed by atoms with van der Waals surface area (Å²) in [7, 11) is 0. The molecule has 0 saturated carbocycles. The lowest BCUT2D eigenvalue weighted by Gasteiger charge is -2.41. The molecule has 5 nitrogen and oxygen atoms in total. The van der Waals surface area contributed by atoms with Crippen LogP contribution in [0.4, 0.5) is 0 Å². The molecule has 2 fully saturated rings. The Balaban J connectivity index is 1.91. The van der Waals surface area contributed by atoms with Gasteiger partial charge in [0.25, 0.3) is 0 Å². The molecule has 0 aromatic rings. The molecule has 3 N–H and O–H groups in total. The Hall–Kier alpha value is -0.200. The molecule has 0 bridgehead atoms. The Morgan fingerprint density at radius 3 is 2.69 bits per heavy atom. The minimum atomic E-state index is -0.847. The molecule has 4 atom stereocenters. The Labute approximate surface area is 95.6 Å². The van der Waals surface area contributed by atoms with Gasteiger partial charge in [0.1, 0.15) is 0 Å². The van der Waals surface area contributed by atoms with Gasteiger partial charge < -0.3 is 20.1 Å². The minimum Gasteiger partial charge on any atom is -0.395 e. The molecule has 2 saturated heterocycles. The first-order valence-corrected chi connectivity index (χ1v) is 6.05. The van der Waals surface area contributed by atoms with E-state index < -0.39 is 12.2 Å². The first kappa shape index (κ1) is 12.3. The summed E-state index contributed by atoms with van der Waals surface area (Å²) in [6, 6.07) is -0.354. The standard InChI is InChI=1S/C11H21NO4/c13-7-9-11(15)10(14)3-4-12(9)6-8-2-1-5-16-8/h8-11,13-15H,1-7H2/t8-,9+,10+,11+/m0/s1. The Morgan fingerprint density at radius 2 is 2.06 bits per heavy atom. The fourth-order valence-electron chi connectivity index (χ4n) is 2.61. The average Bonchev–Trinajstić information content (AvgIpc) is 2.77.